The van der Waals surface area contributed by atoms with Crippen molar-refractivity contribution in [3.8, 4) is 33.8 Å². The lowest BCUT2D eigenvalue weighted by atomic mass is 10.1. The van der Waals surface area contributed by atoms with Crippen LogP contribution in [-0.2, 0) is 9.59 Å². The lowest BCUT2D eigenvalue weighted by Gasteiger charge is -2.06. The van der Waals surface area contributed by atoms with Crippen molar-refractivity contribution in [3.63, 3.8) is 0 Å². The number of aromatic nitrogens is 2. The van der Waals surface area contributed by atoms with Crippen LogP contribution in [0, 0.1) is 11.6 Å². The minimum absolute atomic E-state index is 0. The van der Waals surface area contributed by atoms with E-state index in [0.29, 0.717) is 22.3 Å². The fourth-order valence-electron chi connectivity index (χ4n) is 3.29. The molecule has 0 aliphatic heterocycles. The van der Waals surface area contributed by atoms with Gasteiger partial charge in [-0.2, -0.15) is 0 Å². The number of hydrogen-bond acceptors (Lipinski definition) is 9. The van der Waals surface area contributed by atoms with Crippen molar-refractivity contribution in [1.29, 1.82) is 0 Å². The molecule has 0 spiro atoms. The number of carboxylic acids is 1. The van der Waals surface area contributed by atoms with Crippen molar-refractivity contribution in [2.45, 2.75) is 12.8 Å². The number of primary amides is 2. The highest BCUT2D eigenvalue weighted by Crippen LogP contribution is 2.27. The minimum atomic E-state index is -1.31. The average Bonchev–Trinajstić information content (AvgIpc) is 2.96. The van der Waals surface area contributed by atoms with Gasteiger partial charge in [-0.3, -0.25) is 14.4 Å². The number of halogens is 3. The summed E-state index contributed by atoms with van der Waals surface area (Å²) in [6, 6.07) is 14.1. The van der Waals surface area contributed by atoms with Crippen molar-refractivity contribution in [2.24, 2.45) is 17.2 Å². The van der Waals surface area contributed by atoms with E-state index in [-0.39, 0.29) is 43.2 Å². The lowest BCUT2D eigenvalue weighted by molar-refractivity contribution is -0.118. The standard InChI is InChI=1S/C15H13FN2O3.C12H8FNO3.C2H6N2O.ClH/c16-11-3-1-2-9(6-11)10-7-13(20)15(18-8-10)12(19)4-5-14(17)21;13-9-3-1-2-7(4-9)8-5-10(15)11(12(16)17)14-6-8;3-1-2(4)5;/h1-3,6-8,20H,4-5H2,(H2,17,21);1-6,15H,(H,16,17);1,3H2,(H2,4,5);1H. The molecule has 0 aliphatic rings. The fourth-order valence-corrected chi connectivity index (χ4v) is 3.29. The summed E-state index contributed by atoms with van der Waals surface area (Å²) in [5.74, 6) is -4.43. The normalized spacial score (nSPS) is 9.70. The first kappa shape index (κ1) is 36.6. The van der Waals surface area contributed by atoms with Crippen LogP contribution in [0.2, 0.25) is 0 Å². The zero-order valence-electron chi connectivity index (χ0n) is 22.8. The van der Waals surface area contributed by atoms with Crippen LogP contribution in [0.3, 0.4) is 0 Å². The van der Waals surface area contributed by atoms with Crippen molar-refractivity contribution >= 4 is 36.0 Å². The molecule has 2 aromatic carbocycles. The van der Waals surface area contributed by atoms with Gasteiger partial charge in [0.2, 0.25) is 11.8 Å². The van der Waals surface area contributed by atoms with E-state index in [1.165, 1.54) is 60.9 Å². The molecule has 0 aliphatic carbocycles. The molecule has 2 heterocycles. The second kappa shape index (κ2) is 17.5. The monoisotopic (exact) mass is 631 g/mol. The molecule has 2 aromatic heterocycles. The van der Waals surface area contributed by atoms with Gasteiger partial charge < -0.3 is 32.5 Å². The molecule has 12 nitrogen and oxygen atoms in total. The number of ketones is 1. The number of pyridine rings is 2. The third-order valence-electron chi connectivity index (χ3n) is 5.32. The lowest BCUT2D eigenvalue weighted by Crippen LogP contribution is -2.21. The molecule has 9 N–H and O–H groups in total. The van der Waals surface area contributed by atoms with E-state index in [2.05, 4.69) is 15.7 Å². The third kappa shape index (κ3) is 11.4. The Morgan fingerprint density at radius 3 is 1.45 bits per heavy atom. The number of benzene rings is 2. The maximum absolute atomic E-state index is 13.2. The third-order valence-corrected chi connectivity index (χ3v) is 5.32. The molecule has 0 saturated carbocycles. The number of nitrogens with zero attached hydrogens (tertiary/aromatic N) is 2. The van der Waals surface area contributed by atoms with Crippen molar-refractivity contribution < 1.29 is 43.3 Å². The van der Waals surface area contributed by atoms with E-state index in [9.17, 15) is 38.2 Å². The first-order valence-corrected chi connectivity index (χ1v) is 12.2. The number of Topliss-reactive ketones (excluding diaryl/α,β-unsaturated/α-hetero) is 1. The first-order valence-electron chi connectivity index (χ1n) is 12.2. The highest BCUT2D eigenvalue weighted by Gasteiger charge is 2.15. The summed E-state index contributed by atoms with van der Waals surface area (Å²) in [4.78, 5) is 50.0. The number of amides is 2. The predicted octanol–water partition coefficient (Wildman–Crippen LogP) is 3.19. The van der Waals surface area contributed by atoms with Crippen LogP contribution < -0.4 is 17.2 Å². The summed E-state index contributed by atoms with van der Waals surface area (Å²) in [6.07, 6.45) is 2.42. The molecule has 0 fully saturated rings. The molecule has 232 valence electrons. The molecule has 44 heavy (non-hydrogen) atoms. The number of carboxylic acid groups (broad SMARTS) is 1. The molecule has 15 heteroatoms. The summed E-state index contributed by atoms with van der Waals surface area (Å²) in [7, 11) is 0. The van der Waals surface area contributed by atoms with E-state index in [1.54, 1.807) is 12.1 Å². The SMILES string of the molecule is Cl.NC(=O)CCC(=O)c1ncc(-c2cccc(F)c2)cc1O.NCC(N)=O.O=C(O)c1ncc(-c2cccc(F)c2)cc1O. The number of aromatic carboxylic acids is 1. The predicted molar refractivity (Wildman–Crippen MR) is 158 cm³/mol. The largest absolute Gasteiger partial charge is 0.506 e. The number of rotatable bonds is 8. The summed E-state index contributed by atoms with van der Waals surface area (Å²) in [5.41, 5.74) is 15.6. The van der Waals surface area contributed by atoms with Gasteiger partial charge in [0.25, 0.3) is 0 Å². The Morgan fingerprint density at radius 1 is 0.682 bits per heavy atom. The Bertz CT molecular complexity index is 1640. The van der Waals surface area contributed by atoms with Crippen LogP contribution in [0.15, 0.2) is 73.1 Å². The maximum atomic E-state index is 13.2. The van der Waals surface area contributed by atoms with E-state index in [0.717, 1.165) is 0 Å². The minimum Gasteiger partial charge on any atom is -0.506 e. The molecule has 0 atom stereocenters. The van der Waals surface area contributed by atoms with Crippen LogP contribution in [-0.4, -0.2) is 55.4 Å². The highest BCUT2D eigenvalue weighted by molar-refractivity contribution is 5.98. The quantitative estimate of drug-likeness (QED) is 0.155. The smallest absolute Gasteiger partial charge is 0.358 e. The molecule has 0 unspecified atom stereocenters. The summed E-state index contributed by atoms with van der Waals surface area (Å²) < 4.78 is 26.1. The zero-order chi connectivity index (χ0) is 32.1. The number of carbonyl (C=O) groups is 4. The van der Waals surface area contributed by atoms with Crippen LogP contribution >= 0.6 is 12.4 Å². The molecule has 0 radical (unpaired) electrons. The van der Waals surface area contributed by atoms with E-state index >= 15 is 0 Å². The van der Waals surface area contributed by atoms with Crippen molar-refractivity contribution in [1.82, 2.24) is 9.97 Å². The number of nitrogens with two attached hydrogens (primary N) is 3. The van der Waals surface area contributed by atoms with Gasteiger partial charge in [-0.25, -0.2) is 23.5 Å². The Hall–Kier alpha value is -5.47. The Morgan fingerprint density at radius 2 is 1.11 bits per heavy atom. The summed E-state index contributed by atoms with van der Waals surface area (Å²) >= 11 is 0. The Labute approximate surface area is 255 Å². The van der Waals surface area contributed by atoms with Gasteiger partial charge in [0.1, 0.15) is 28.8 Å². The second-order valence-corrected chi connectivity index (χ2v) is 8.57. The number of aromatic hydroxyl groups is 2. The molecular formula is C29H28ClF2N5O7. The Balaban J connectivity index is 0.000000380. The zero-order valence-corrected chi connectivity index (χ0v) is 23.6. The number of carbonyl (C=O) groups excluding carboxylic acids is 3. The van der Waals surface area contributed by atoms with Crippen molar-refractivity contribution in [3.05, 3.63) is 96.1 Å². The average molecular weight is 632 g/mol. The van der Waals surface area contributed by atoms with Crippen LogP contribution in [0.1, 0.15) is 33.8 Å². The first-order chi connectivity index (χ1) is 20.3. The van der Waals surface area contributed by atoms with E-state index in [1.807, 2.05) is 0 Å². The van der Waals surface area contributed by atoms with Gasteiger partial charge >= 0.3 is 5.97 Å². The van der Waals surface area contributed by atoms with Crippen LogP contribution in [0.5, 0.6) is 11.5 Å². The van der Waals surface area contributed by atoms with Gasteiger partial charge in [-0.05, 0) is 47.5 Å². The summed E-state index contributed by atoms with van der Waals surface area (Å²) in [6.45, 7) is -0.0556. The maximum Gasteiger partial charge on any atom is 0.358 e. The second-order valence-electron chi connectivity index (χ2n) is 8.57. The molecule has 0 bridgehead atoms. The van der Waals surface area contributed by atoms with Gasteiger partial charge in [0, 0.05) is 36.4 Å². The van der Waals surface area contributed by atoms with E-state index in [4.69, 9.17) is 16.6 Å². The topological polar surface area (TPSA) is 233 Å². The molecule has 2 amide bonds. The van der Waals surface area contributed by atoms with Gasteiger partial charge in [-0.1, -0.05) is 24.3 Å². The molecule has 0 saturated heterocycles. The molecular weight excluding hydrogens is 604 g/mol. The van der Waals surface area contributed by atoms with Gasteiger partial charge in [-0.15, -0.1) is 12.4 Å². The van der Waals surface area contributed by atoms with Crippen LogP contribution in [0.4, 0.5) is 8.78 Å². The molecule has 4 rings (SSSR count). The number of hydrogen-bond donors (Lipinski definition) is 6. The van der Waals surface area contributed by atoms with Gasteiger partial charge in [0.15, 0.2) is 11.5 Å². The fraction of sp³-hybridized carbons (Fsp3) is 0.103. The van der Waals surface area contributed by atoms with E-state index < -0.39 is 46.6 Å². The Kier molecular flexibility index (Phi) is 14.5. The van der Waals surface area contributed by atoms with Gasteiger partial charge in [0.05, 0.1) is 6.54 Å². The summed E-state index contributed by atoms with van der Waals surface area (Å²) in [5, 5.41) is 28.0. The highest BCUT2D eigenvalue weighted by atomic mass is 35.5. The van der Waals surface area contributed by atoms with Crippen molar-refractivity contribution in [2.75, 3.05) is 6.54 Å². The molecule has 4 aromatic rings. The van der Waals surface area contributed by atoms with Crippen LogP contribution in [0.25, 0.3) is 22.3 Å².